The first kappa shape index (κ1) is 19.8. The van der Waals surface area contributed by atoms with Crippen molar-refractivity contribution in [1.82, 2.24) is 0 Å². The molecule has 0 aliphatic carbocycles. The third-order valence-corrected chi connectivity index (χ3v) is 4.07. The molecule has 0 saturated heterocycles. The molecule has 140 valence electrons. The van der Waals surface area contributed by atoms with Gasteiger partial charge in [-0.25, -0.2) is 0 Å². The molecular weight excluding hydrogens is 328 g/mol. The van der Waals surface area contributed by atoms with Crippen LogP contribution in [0.25, 0.3) is 0 Å². The van der Waals surface area contributed by atoms with Gasteiger partial charge in [0.05, 0.1) is 6.61 Å². The summed E-state index contributed by atoms with van der Waals surface area (Å²) in [7, 11) is 1.63. The average molecular weight is 356 g/mol. The van der Waals surface area contributed by atoms with Crippen molar-refractivity contribution in [2.24, 2.45) is 0 Å². The molecule has 0 atom stereocenters. The van der Waals surface area contributed by atoms with E-state index in [1.54, 1.807) is 13.2 Å². The van der Waals surface area contributed by atoms with Gasteiger partial charge in [-0.2, -0.15) is 0 Å². The van der Waals surface area contributed by atoms with Crippen LogP contribution in [0, 0.1) is 0 Å². The second-order valence-electron chi connectivity index (χ2n) is 6.25. The Morgan fingerprint density at radius 3 is 2.46 bits per heavy atom. The van der Waals surface area contributed by atoms with Gasteiger partial charge in [-0.1, -0.05) is 6.07 Å². The zero-order chi connectivity index (χ0) is 18.9. The zero-order valence-corrected chi connectivity index (χ0v) is 16.0. The van der Waals surface area contributed by atoms with Gasteiger partial charge in [0.1, 0.15) is 12.4 Å². The number of anilines is 2. The summed E-state index contributed by atoms with van der Waals surface area (Å²) in [4.78, 5) is 14.8. The number of amides is 1. The van der Waals surface area contributed by atoms with E-state index in [1.807, 2.05) is 42.5 Å². The van der Waals surface area contributed by atoms with Gasteiger partial charge >= 0.3 is 0 Å². The molecule has 0 spiro atoms. The van der Waals surface area contributed by atoms with E-state index in [1.165, 1.54) is 0 Å². The lowest BCUT2D eigenvalue weighted by molar-refractivity contribution is 0.102. The minimum atomic E-state index is -0.141. The summed E-state index contributed by atoms with van der Waals surface area (Å²) < 4.78 is 10.5. The number of rotatable bonds is 9. The minimum Gasteiger partial charge on any atom is -0.491 e. The number of hydrogen-bond donors (Lipinski definition) is 1. The summed E-state index contributed by atoms with van der Waals surface area (Å²) >= 11 is 0. The smallest absolute Gasteiger partial charge is 0.255 e. The SMILES string of the molecule is CCN(c1ccc(C(=O)Nc2cccc(OCCOC)c2)cc1)C(C)C. The molecule has 0 aliphatic rings. The number of carbonyl (C=O) groups excluding carboxylic acids is 1. The Bertz CT molecular complexity index is 699. The molecule has 0 fully saturated rings. The van der Waals surface area contributed by atoms with Gasteiger partial charge in [-0.3, -0.25) is 4.79 Å². The van der Waals surface area contributed by atoms with Gasteiger partial charge in [0.15, 0.2) is 0 Å². The lowest BCUT2D eigenvalue weighted by Crippen LogP contribution is -2.30. The van der Waals surface area contributed by atoms with Crippen LogP contribution in [0.1, 0.15) is 31.1 Å². The normalized spacial score (nSPS) is 10.7. The number of nitrogens with one attached hydrogen (secondary N) is 1. The molecule has 2 rings (SSSR count). The molecule has 2 aromatic rings. The lowest BCUT2D eigenvalue weighted by Gasteiger charge is -2.27. The first-order valence-corrected chi connectivity index (χ1v) is 8.95. The fraction of sp³-hybridized carbons (Fsp3) is 0.381. The Morgan fingerprint density at radius 1 is 1.12 bits per heavy atom. The highest BCUT2D eigenvalue weighted by atomic mass is 16.5. The Hall–Kier alpha value is -2.53. The maximum absolute atomic E-state index is 12.5. The van der Waals surface area contributed by atoms with Crippen LogP contribution < -0.4 is 15.0 Å². The number of methoxy groups -OCH3 is 1. The van der Waals surface area contributed by atoms with Crippen LogP contribution >= 0.6 is 0 Å². The molecule has 5 nitrogen and oxygen atoms in total. The maximum Gasteiger partial charge on any atom is 0.255 e. The summed E-state index contributed by atoms with van der Waals surface area (Å²) in [6, 6.07) is 15.5. The topological polar surface area (TPSA) is 50.8 Å². The molecule has 26 heavy (non-hydrogen) atoms. The van der Waals surface area contributed by atoms with Gasteiger partial charge < -0.3 is 19.7 Å². The molecule has 1 N–H and O–H groups in total. The van der Waals surface area contributed by atoms with Gasteiger partial charge in [0, 0.05) is 42.7 Å². The van der Waals surface area contributed by atoms with Crippen LogP contribution in [0.15, 0.2) is 48.5 Å². The van der Waals surface area contributed by atoms with Gasteiger partial charge in [0.25, 0.3) is 5.91 Å². The number of carbonyl (C=O) groups is 1. The highest BCUT2D eigenvalue weighted by molar-refractivity contribution is 6.04. The minimum absolute atomic E-state index is 0.141. The molecule has 5 heteroatoms. The van der Waals surface area contributed by atoms with Crippen LogP contribution in [-0.2, 0) is 4.74 Å². The molecule has 0 aliphatic heterocycles. The standard InChI is InChI=1S/C21H28N2O3/c1-5-23(16(2)3)19-11-9-17(10-12-19)21(24)22-18-7-6-8-20(15-18)26-14-13-25-4/h6-12,15-16H,5,13-14H2,1-4H3,(H,22,24). The van der Waals surface area contributed by atoms with Crippen molar-refractivity contribution in [2.45, 2.75) is 26.8 Å². The van der Waals surface area contributed by atoms with E-state index >= 15 is 0 Å². The molecule has 0 saturated carbocycles. The summed E-state index contributed by atoms with van der Waals surface area (Å²) in [5, 5.41) is 2.91. The molecule has 0 aromatic heterocycles. The van der Waals surface area contributed by atoms with Crippen LogP contribution in [0.3, 0.4) is 0 Å². The summed E-state index contributed by atoms with van der Waals surface area (Å²) in [5.74, 6) is 0.559. The fourth-order valence-corrected chi connectivity index (χ4v) is 2.76. The summed E-state index contributed by atoms with van der Waals surface area (Å²) in [6.07, 6.45) is 0. The third-order valence-electron chi connectivity index (χ3n) is 4.07. The van der Waals surface area contributed by atoms with E-state index in [-0.39, 0.29) is 5.91 Å². The number of nitrogens with zero attached hydrogens (tertiary/aromatic N) is 1. The maximum atomic E-state index is 12.5. The Kier molecular flexibility index (Phi) is 7.48. The van der Waals surface area contributed by atoms with Crippen molar-refractivity contribution < 1.29 is 14.3 Å². The average Bonchev–Trinajstić information content (AvgIpc) is 2.63. The molecule has 0 radical (unpaired) electrons. The second kappa shape index (κ2) is 9.82. The number of hydrogen-bond acceptors (Lipinski definition) is 4. The fourth-order valence-electron chi connectivity index (χ4n) is 2.76. The molecule has 1 amide bonds. The summed E-state index contributed by atoms with van der Waals surface area (Å²) in [6.45, 7) is 8.37. The van der Waals surface area contributed by atoms with E-state index in [9.17, 15) is 4.79 Å². The Labute approximate surface area is 155 Å². The zero-order valence-electron chi connectivity index (χ0n) is 16.0. The monoisotopic (exact) mass is 356 g/mol. The van der Waals surface area contributed by atoms with Gasteiger partial charge in [0.2, 0.25) is 0 Å². The predicted molar refractivity (Wildman–Crippen MR) is 106 cm³/mol. The van der Waals surface area contributed by atoms with Crippen LogP contribution in [-0.4, -0.2) is 38.8 Å². The number of benzene rings is 2. The lowest BCUT2D eigenvalue weighted by atomic mass is 10.1. The largest absolute Gasteiger partial charge is 0.491 e. The van der Waals surface area contributed by atoms with Crippen molar-refractivity contribution in [1.29, 1.82) is 0 Å². The first-order valence-electron chi connectivity index (χ1n) is 8.95. The highest BCUT2D eigenvalue weighted by Crippen LogP contribution is 2.20. The van der Waals surface area contributed by atoms with Crippen LogP contribution in [0.2, 0.25) is 0 Å². The Balaban J connectivity index is 2.02. The van der Waals surface area contributed by atoms with E-state index in [0.29, 0.717) is 36.3 Å². The Morgan fingerprint density at radius 2 is 1.85 bits per heavy atom. The molecular formula is C21H28N2O3. The van der Waals surface area contributed by atoms with E-state index in [2.05, 4.69) is 31.0 Å². The highest BCUT2D eigenvalue weighted by Gasteiger charge is 2.11. The quantitative estimate of drug-likeness (QED) is 0.684. The second-order valence-corrected chi connectivity index (χ2v) is 6.25. The third kappa shape index (κ3) is 5.49. The van der Waals surface area contributed by atoms with Crippen LogP contribution in [0.5, 0.6) is 5.75 Å². The van der Waals surface area contributed by atoms with E-state index in [4.69, 9.17) is 9.47 Å². The van der Waals surface area contributed by atoms with Crippen molar-refractivity contribution in [3.8, 4) is 5.75 Å². The molecule has 2 aromatic carbocycles. The van der Waals surface area contributed by atoms with Crippen LogP contribution in [0.4, 0.5) is 11.4 Å². The van der Waals surface area contributed by atoms with E-state index < -0.39 is 0 Å². The molecule has 0 bridgehead atoms. The first-order chi connectivity index (χ1) is 12.5. The van der Waals surface area contributed by atoms with Gasteiger partial charge in [-0.15, -0.1) is 0 Å². The van der Waals surface area contributed by atoms with Crippen molar-refractivity contribution >= 4 is 17.3 Å². The molecule has 0 heterocycles. The molecule has 0 unspecified atom stereocenters. The number of ether oxygens (including phenoxy) is 2. The predicted octanol–water partition coefficient (Wildman–Crippen LogP) is 4.20. The summed E-state index contributed by atoms with van der Waals surface area (Å²) in [5.41, 5.74) is 2.44. The van der Waals surface area contributed by atoms with Crippen molar-refractivity contribution in [3.63, 3.8) is 0 Å². The van der Waals surface area contributed by atoms with Crippen molar-refractivity contribution in [2.75, 3.05) is 37.1 Å². The van der Waals surface area contributed by atoms with Crippen molar-refractivity contribution in [3.05, 3.63) is 54.1 Å². The van der Waals surface area contributed by atoms with Gasteiger partial charge in [-0.05, 0) is 57.2 Å². The van der Waals surface area contributed by atoms with E-state index in [0.717, 1.165) is 12.2 Å².